The summed E-state index contributed by atoms with van der Waals surface area (Å²) < 4.78 is 0. The first-order chi connectivity index (χ1) is 6.27. The Labute approximate surface area is 78.8 Å². The number of rotatable bonds is 1. The third-order valence-corrected chi connectivity index (χ3v) is 2.78. The first-order valence-corrected chi connectivity index (χ1v) is 4.53. The lowest BCUT2D eigenvalue weighted by molar-refractivity contribution is -0.135. The molecule has 1 unspecified atom stereocenters. The topological polar surface area (TPSA) is 62.0 Å². The quantitative estimate of drug-likeness (QED) is 0.679. The molecule has 2 aliphatic rings. The highest BCUT2D eigenvalue weighted by Crippen LogP contribution is 2.37. The molecule has 1 N–H and O–H groups in total. The van der Waals surface area contributed by atoms with Crippen LogP contribution in [0.25, 0.3) is 0 Å². The Hall–Kier alpha value is -1.36. The first-order valence-electron chi connectivity index (χ1n) is 3.65. The van der Waals surface area contributed by atoms with E-state index in [1.165, 1.54) is 11.8 Å². The SMILES string of the molecule is O=C(O)C1C=C2N=CC=NC=C2S1. The molecule has 66 valence electrons. The highest BCUT2D eigenvalue weighted by molar-refractivity contribution is 8.05. The average molecular weight is 194 g/mol. The third-order valence-electron chi connectivity index (χ3n) is 1.62. The van der Waals surface area contributed by atoms with Gasteiger partial charge in [-0.3, -0.25) is 14.8 Å². The molecule has 1 atom stereocenters. The van der Waals surface area contributed by atoms with Crippen LogP contribution in [0.2, 0.25) is 0 Å². The molecule has 0 aromatic rings. The summed E-state index contributed by atoms with van der Waals surface area (Å²) in [6, 6.07) is 0. The van der Waals surface area contributed by atoms with Gasteiger partial charge < -0.3 is 5.11 Å². The van der Waals surface area contributed by atoms with Gasteiger partial charge in [0, 0.05) is 18.6 Å². The molecule has 0 aromatic carbocycles. The van der Waals surface area contributed by atoms with Crippen molar-refractivity contribution in [3.63, 3.8) is 0 Å². The largest absolute Gasteiger partial charge is 0.480 e. The van der Waals surface area contributed by atoms with Gasteiger partial charge in [0.25, 0.3) is 0 Å². The van der Waals surface area contributed by atoms with Crippen LogP contribution in [0.1, 0.15) is 0 Å². The van der Waals surface area contributed by atoms with Crippen LogP contribution in [-0.2, 0) is 4.79 Å². The van der Waals surface area contributed by atoms with Crippen LogP contribution in [0.4, 0.5) is 0 Å². The second kappa shape index (κ2) is 3.18. The van der Waals surface area contributed by atoms with Crippen molar-refractivity contribution < 1.29 is 9.90 Å². The Bertz CT molecular complexity index is 368. The molecule has 2 rings (SSSR count). The van der Waals surface area contributed by atoms with Crippen molar-refractivity contribution in [2.24, 2.45) is 9.98 Å². The van der Waals surface area contributed by atoms with Gasteiger partial charge in [0.2, 0.25) is 0 Å². The smallest absolute Gasteiger partial charge is 0.321 e. The van der Waals surface area contributed by atoms with Crippen LogP contribution < -0.4 is 0 Å². The van der Waals surface area contributed by atoms with Crippen molar-refractivity contribution >= 4 is 30.2 Å². The molecule has 2 aliphatic heterocycles. The van der Waals surface area contributed by atoms with Crippen molar-refractivity contribution in [1.82, 2.24) is 0 Å². The molecule has 0 bridgehead atoms. The molecule has 0 fully saturated rings. The number of thioether (sulfide) groups is 1. The number of nitrogens with zero attached hydrogens (tertiary/aromatic N) is 2. The minimum Gasteiger partial charge on any atom is -0.480 e. The molecular weight excluding hydrogens is 188 g/mol. The van der Waals surface area contributed by atoms with Crippen LogP contribution in [0.5, 0.6) is 0 Å². The van der Waals surface area contributed by atoms with Crippen LogP contribution in [0.3, 0.4) is 0 Å². The minimum atomic E-state index is -0.842. The van der Waals surface area contributed by atoms with Crippen molar-refractivity contribution in [3.8, 4) is 0 Å². The summed E-state index contributed by atoms with van der Waals surface area (Å²) in [5, 5.41) is 8.23. The Morgan fingerprint density at radius 2 is 2.38 bits per heavy atom. The Kier molecular flexibility index (Phi) is 2.02. The maximum Gasteiger partial charge on any atom is 0.321 e. The molecule has 2 heterocycles. The van der Waals surface area contributed by atoms with E-state index in [1.54, 1.807) is 24.7 Å². The second-order valence-corrected chi connectivity index (χ2v) is 3.68. The summed E-state index contributed by atoms with van der Waals surface area (Å²) in [6.07, 6.45) is 6.39. The summed E-state index contributed by atoms with van der Waals surface area (Å²) in [5.74, 6) is -0.842. The zero-order chi connectivity index (χ0) is 9.26. The number of hydrogen-bond donors (Lipinski definition) is 1. The van der Waals surface area contributed by atoms with E-state index in [-0.39, 0.29) is 0 Å². The summed E-state index contributed by atoms with van der Waals surface area (Å²) in [4.78, 5) is 19.4. The van der Waals surface area contributed by atoms with Gasteiger partial charge in [0.1, 0.15) is 5.25 Å². The van der Waals surface area contributed by atoms with Gasteiger partial charge >= 0.3 is 5.97 Å². The molecule has 0 aromatic heterocycles. The van der Waals surface area contributed by atoms with Crippen molar-refractivity contribution in [1.29, 1.82) is 0 Å². The third kappa shape index (κ3) is 1.55. The number of carboxylic acid groups (broad SMARTS) is 1. The molecule has 0 saturated heterocycles. The van der Waals surface area contributed by atoms with Crippen molar-refractivity contribution in [3.05, 3.63) is 22.9 Å². The maximum absolute atomic E-state index is 10.6. The lowest BCUT2D eigenvalue weighted by Gasteiger charge is -1.97. The zero-order valence-corrected chi connectivity index (χ0v) is 7.36. The Morgan fingerprint density at radius 1 is 1.54 bits per heavy atom. The average Bonchev–Trinajstić information content (AvgIpc) is 2.38. The van der Waals surface area contributed by atoms with Crippen LogP contribution >= 0.6 is 11.8 Å². The van der Waals surface area contributed by atoms with Gasteiger partial charge in [0.05, 0.1) is 10.6 Å². The summed E-state index contributed by atoms with van der Waals surface area (Å²) in [5.41, 5.74) is 0.704. The molecule has 5 heteroatoms. The molecule has 0 spiro atoms. The lowest BCUT2D eigenvalue weighted by atomic mass is 10.3. The number of carboxylic acids is 1. The number of hydrogen-bond acceptors (Lipinski definition) is 4. The number of aliphatic imine (C=N–C) groups is 2. The maximum atomic E-state index is 10.6. The van der Waals surface area contributed by atoms with E-state index in [0.717, 1.165) is 4.91 Å². The van der Waals surface area contributed by atoms with Gasteiger partial charge in [0.15, 0.2) is 0 Å². The fraction of sp³-hybridized carbons (Fsp3) is 0.125. The molecule has 0 amide bonds. The van der Waals surface area contributed by atoms with Crippen molar-refractivity contribution in [2.45, 2.75) is 5.25 Å². The Morgan fingerprint density at radius 3 is 3.15 bits per heavy atom. The standard InChI is InChI=1S/C8H6N2O2S/c11-8(12)6-3-5-7(13-6)4-9-1-2-10-5/h1-4,6H,(H,11,12). The Balaban J connectivity index is 2.31. The highest BCUT2D eigenvalue weighted by atomic mass is 32.2. The molecule has 4 nitrogen and oxygen atoms in total. The number of aliphatic carboxylic acids is 1. The number of carbonyl (C=O) groups is 1. The molecular formula is C8H6N2O2S. The van der Waals surface area contributed by atoms with E-state index in [1.807, 2.05) is 0 Å². The lowest BCUT2D eigenvalue weighted by Crippen LogP contribution is -2.10. The van der Waals surface area contributed by atoms with E-state index >= 15 is 0 Å². The van der Waals surface area contributed by atoms with E-state index in [4.69, 9.17) is 5.11 Å². The first kappa shape index (κ1) is 8.25. The van der Waals surface area contributed by atoms with Gasteiger partial charge in [-0.2, -0.15) is 0 Å². The highest BCUT2D eigenvalue weighted by Gasteiger charge is 2.26. The van der Waals surface area contributed by atoms with Crippen molar-refractivity contribution in [2.75, 3.05) is 0 Å². The molecule has 0 aliphatic carbocycles. The predicted molar refractivity (Wildman–Crippen MR) is 52.2 cm³/mol. The fourth-order valence-electron chi connectivity index (χ4n) is 1.04. The van der Waals surface area contributed by atoms with Gasteiger partial charge in [-0.1, -0.05) is 0 Å². The van der Waals surface area contributed by atoms with E-state index in [2.05, 4.69) is 9.98 Å². The normalized spacial score (nSPS) is 24.8. The number of fused-ring (bicyclic) bond motifs is 1. The minimum absolute atomic E-state index is 0.522. The van der Waals surface area contributed by atoms with Gasteiger partial charge in [-0.15, -0.1) is 11.8 Å². The molecule has 0 saturated carbocycles. The van der Waals surface area contributed by atoms with Gasteiger partial charge in [-0.25, -0.2) is 0 Å². The van der Waals surface area contributed by atoms with E-state index in [9.17, 15) is 4.79 Å². The summed E-state index contributed by atoms with van der Waals surface area (Å²) in [7, 11) is 0. The molecule has 13 heavy (non-hydrogen) atoms. The van der Waals surface area contributed by atoms with Gasteiger partial charge in [-0.05, 0) is 6.08 Å². The fourth-order valence-corrected chi connectivity index (χ4v) is 1.98. The van der Waals surface area contributed by atoms with Crippen LogP contribution in [0.15, 0.2) is 32.9 Å². The second-order valence-electron chi connectivity index (χ2n) is 2.50. The predicted octanol–water partition coefficient (Wildman–Crippen LogP) is 1.07. The van der Waals surface area contributed by atoms with E-state index < -0.39 is 11.2 Å². The summed E-state index contributed by atoms with van der Waals surface area (Å²) in [6.45, 7) is 0. The monoisotopic (exact) mass is 194 g/mol. The van der Waals surface area contributed by atoms with Crippen LogP contribution in [0, 0.1) is 0 Å². The zero-order valence-electron chi connectivity index (χ0n) is 6.54. The molecule has 0 radical (unpaired) electrons. The van der Waals surface area contributed by atoms with E-state index in [0.29, 0.717) is 5.70 Å². The summed E-state index contributed by atoms with van der Waals surface area (Å²) >= 11 is 1.26. The van der Waals surface area contributed by atoms with Crippen LogP contribution in [-0.4, -0.2) is 28.8 Å².